The molecule has 23 heavy (non-hydrogen) atoms. The molecule has 1 amide bonds. The Morgan fingerprint density at radius 1 is 1.35 bits per heavy atom. The Morgan fingerprint density at radius 3 is 2.74 bits per heavy atom. The van der Waals surface area contributed by atoms with Crippen LogP contribution in [-0.2, 0) is 14.8 Å². The summed E-state index contributed by atoms with van der Waals surface area (Å²) in [5.41, 5.74) is 0.516. The summed E-state index contributed by atoms with van der Waals surface area (Å²) in [7, 11) is -0.519. The van der Waals surface area contributed by atoms with Crippen LogP contribution in [0.25, 0.3) is 0 Å². The van der Waals surface area contributed by atoms with Gasteiger partial charge in [-0.05, 0) is 44.4 Å². The molecular formula is C16H26N3O3S+. The molecule has 2 rings (SSSR count). The zero-order chi connectivity index (χ0) is 17.0. The number of hydrogen-bond acceptors (Lipinski definition) is 3. The van der Waals surface area contributed by atoms with E-state index in [2.05, 4.69) is 12.2 Å². The highest BCUT2D eigenvalue weighted by molar-refractivity contribution is 7.89. The lowest BCUT2D eigenvalue weighted by molar-refractivity contribution is -0.920. The van der Waals surface area contributed by atoms with Crippen LogP contribution < -0.4 is 10.2 Å². The van der Waals surface area contributed by atoms with E-state index in [0.717, 1.165) is 23.7 Å². The summed E-state index contributed by atoms with van der Waals surface area (Å²) >= 11 is 0. The van der Waals surface area contributed by atoms with Crippen LogP contribution >= 0.6 is 0 Å². The summed E-state index contributed by atoms with van der Waals surface area (Å²) in [5.74, 6) is -0.0758. The molecule has 6 nitrogen and oxygen atoms in total. The first-order chi connectivity index (χ1) is 10.8. The molecule has 128 valence electrons. The number of rotatable bonds is 5. The molecule has 1 aliphatic heterocycles. The highest BCUT2D eigenvalue weighted by Crippen LogP contribution is 2.17. The van der Waals surface area contributed by atoms with Gasteiger partial charge < -0.3 is 10.2 Å². The fourth-order valence-corrected chi connectivity index (χ4v) is 3.82. The molecule has 0 bridgehead atoms. The predicted octanol–water partition coefficient (Wildman–Crippen LogP) is 0.333. The second kappa shape index (κ2) is 7.42. The molecule has 0 radical (unpaired) electrons. The fraction of sp³-hybridized carbons (Fsp3) is 0.562. The van der Waals surface area contributed by atoms with Gasteiger partial charge in [0.2, 0.25) is 10.0 Å². The zero-order valence-electron chi connectivity index (χ0n) is 14.0. The van der Waals surface area contributed by atoms with Gasteiger partial charge in [0.1, 0.15) is 0 Å². The third-order valence-corrected chi connectivity index (χ3v) is 6.18. The monoisotopic (exact) mass is 340 g/mol. The Morgan fingerprint density at radius 2 is 2.09 bits per heavy atom. The first kappa shape index (κ1) is 17.9. The number of carbonyl (C=O) groups excluding carboxylic acids is 1. The van der Waals surface area contributed by atoms with Gasteiger partial charge in [-0.25, -0.2) is 12.7 Å². The normalized spacial score (nSPS) is 22.1. The second-order valence-electron chi connectivity index (χ2n) is 6.35. The molecule has 1 fully saturated rings. The first-order valence-electron chi connectivity index (χ1n) is 7.97. The largest absolute Gasteiger partial charge is 0.325 e. The van der Waals surface area contributed by atoms with Gasteiger partial charge in [-0.2, -0.15) is 0 Å². The van der Waals surface area contributed by atoms with Gasteiger partial charge >= 0.3 is 0 Å². The Balaban J connectivity index is 2.04. The Bertz CT molecular complexity index is 658. The molecule has 0 aromatic heterocycles. The van der Waals surface area contributed by atoms with Gasteiger partial charge in [-0.3, -0.25) is 4.79 Å². The number of anilines is 1. The predicted molar refractivity (Wildman–Crippen MR) is 90.0 cm³/mol. The minimum absolute atomic E-state index is 0.0758. The molecule has 1 unspecified atom stereocenters. The third kappa shape index (κ3) is 4.53. The van der Waals surface area contributed by atoms with E-state index >= 15 is 0 Å². The van der Waals surface area contributed by atoms with E-state index in [1.54, 1.807) is 12.1 Å². The molecule has 1 aromatic rings. The maximum atomic E-state index is 12.2. The summed E-state index contributed by atoms with van der Waals surface area (Å²) in [5, 5.41) is 2.82. The van der Waals surface area contributed by atoms with Crippen LogP contribution in [0.15, 0.2) is 29.2 Å². The van der Waals surface area contributed by atoms with Gasteiger partial charge in [-0.15, -0.1) is 0 Å². The Hall–Kier alpha value is -1.44. The number of nitrogens with zero attached hydrogens (tertiary/aromatic N) is 1. The van der Waals surface area contributed by atoms with E-state index in [9.17, 15) is 13.2 Å². The highest BCUT2D eigenvalue weighted by Gasteiger charge is 2.24. The van der Waals surface area contributed by atoms with Crippen molar-refractivity contribution >= 4 is 21.6 Å². The Kier molecular flexibility index (Phi) is 5.78. The van der Waals surface area contributed by atoms with Crippen molar-refractivity contribution in [1.82, 2.24) is 4.31 Å². The Labute approximate surface area is 138 Å². The smallest absolute Gasteiger partial charge is 0.279 e. The summed E-state index contributed by atoms with van der Waals surface area (Å²) in [6.45, 7) is 3.61. The van der Waals surface area contributed by atoms with E-state index in [-0.39, 0.29) is 10.8 Å². The third-order valence-electron chi connectivity index (χ3n) is 4.37. The summed E-state index contributed by atoms with van der Waals surface area (Å²) in [6, 6.07) is 6.88. The number of carbonyl (C=O) groups is 1. The zero-order valence-corrected chi connectivity index (χ0v) is 14.8. The van der Waals surface area contributed by atoms with Crippen molar-refractivity contribution in [1.29, 1.82) is 0 Å². The van der Waals surface area contributed by atoms with Crippen molar-refractivity contribution in [2.75, 3.05) is 32.5 Å². The van der Waals surface area contributed by atoms with Gasteiger partial charge in [-0.1, -0.05) is 6.07 Å². The standard InChI is InChI=1S/C16H25N3O3S/c1-13-7-4-5-10-19(13)12-16(20)17-14-8-6-9-15(11-14)23(21,22)18(2)3/h6,8-9,11,13H,4-5,7,10,12H2,1-3H3,(H,17,20)/p+1/t13-/m0/s1. The van der Waals surface area contributed by atoms with E-state index in [4.69, 9.17) is 0 Å². The lowest BCUT2D eigenvalue weighted by Crippen LogP contribution is -3.17. The lowest BCUT2D eigenvalue weighted by Gasteiger charge is -2.29. The van der Waals surface area contributed by atoms with Crippen molar-refractivity contribution in [2.45, 2.75) is 37.1 Å². The van der Waals surface area contributed by atoms with Crippen LogP contribution in [0, 0.1) is 0 Å². The SMILES string of the molecule is C[C@H]1CCCC[NH+]1CC(=O)Nc1cccc(S(=O)(=O)N(C)C)c1. The molecule has 0 saturated carbocycles. The number of quaternary nitrogens is 1. The fourth-order valence-electron chi connectivity index (χ4n) is 2.87. The molecule has 1 aromatic carbocycles. The van der Waals surface area contributed by atoms with Crippen LogP contribution in [0.4, 0.5) is 5.69 Å². The van der Waals surface area contributed by atoms with Crippen molar-refractivity contribution < 1.29 is 18.1 Å². The van der Waals surface area contributed by atoms with Crippen molar-refractivity contribution in [3.05, 3.63) is 24.3 Å². The van der Waals surface area contributed by atoms with E-state index < -0.39 is 10.0 Å². The quantitative estimate of drug-likeness (QED) is 0.812. The molecule has 2 N–H and O–H groups in total. The van der Waals surface area contributed by atoms with E-state index in [1.807, 2.05) is 0 Å². The number of sulfonamides is 1. The summed E-state index contributed by atoms with van der Waals surface area (Å²) < 4.78 is 25.4. The number of nitrogens with one attached hydrogen (secondary N) is 2. The maximum absolute atomic E-state index is 12.2. The molecule has 7 heteroatoms. The minimum atomic E-state index is -3.49. The second-order valence-corrected chi connectivity index (χ2v) is 8.50. The molecule has 0 aliphatic carbocycles. The maximum Gasteiger partial charge on any atom is 0.279 e. The van der Waals surface area contributed by atoms with Crippen LogP contribution in [-0.4, -0.2) is 51.9 Å². The van der Waals surface area contributed by atoms with Crippen molar-refractivity contribution in [2.24, 2.45) is 0 Å². The summed E-state index contributed by atoms with van der Waals surface area (Å²) in [4.78, 5) is 13.7. The average Bonchev–Trinajstić information content (AvgIpc) is 2.49. The molecular weight excluding hydrogens is 314 g/mol. The van der Waals surface area contributed by atoms with Crippen LogP contribution in [0.2, 0.25) is 0 Å². The summed E-state index contributed by atoms with van der Waals surface area (Å²) in [6.07, 6.45) is 3.54. The minimum Gasteiger partial charge on any atom is -0.325 e. The number of benzene rings is 1. The molecule has 0 spiro atoms. The van der Waals surface area contributed by atoms with E-state index in [0.29, 0.717) is 18.3 Å². The lowest BCUT2D eigenvalue weighted by atomic mass is 10.0. The number of piperidine rings is 1. The van der Waals surface area contributed by atoms with Crippen LogP contribution in [0.1, 0.15) is 26.2 Å². The van der Waals surface area contributed by atoms with Gasteiger partial charge in [0.05, 0.1) is 17.5 Å². The van der Waals surface area contributed by atoms with Crippen molar-refractivity contribution in [3.63, 3.8) is 0 Å². The van der Waals surface area contributed by atoms with Gasteiger partial charge in [0, 0.05) is 19.8 Å². The molecule has 1 aliphatic rings. The number of amides is 1. The molecule has 1 heterocycles. The molecule has 1 saturated heterocycles. The topological polar surface area (TPSA) is 70.9 Å². The van der Waals surface area contributed by atoms with Gasteiger partial charge in [0.25, 0.3) is 5.91 Å². The number of likely N-dealkylation sites (tertiary alicyclic amines) is 1. The first-order valence-corrected chi connectivity index (χ1v) is 9.41. The van der Waals surface area contributed by atoms with Gasteiger partial charge in [0.15, 0.2) is 6.54 Å². The van der Waals surface area contributed by atoms with Crippen LogP contribution in [0.5, 0.6) is 0 Å². The van der Waals surface area contributed by atoms with Crippen LogP contribution in [0.3, 0.4) is 0 Å². The van der Waals surface area contributed by atoms with E-state index in [1.165, 1.54) is 37.5 Å². The highest BCUT2D eigenvalue weighted by atomic mass is 32.2. The van der Waals surface area contributed by atoms with Crippen molar-refractivity contribution in [3.8, 4) is 0 Å². The molecule has 2 atom stereocenters. The average molecular weight is 340 g/mol. The number of hydrogen-bond donors (Lipinski definition) is 2.